The first-order valence-corrected chi connectivity index (χ1v) is 9.37. The molecule has 1 N–H and O–H groups in total. The highest BCUT2D eigenvalue weighted by Gasteiger charge is 2.31. The molecule has 0 aliphatic carbocycles. The highest BCUT2D eigenvalue weighted by Crippen LogP contribution is 2.35. The zero-order valence-electron chi connectivity index (χ0n) is 15.0. The van der Waals surface area contributed by atoms with E-state index >= 15 is 0 Å². The zero-order valence-corrected chi connectivity index (χ0v) is 15.8. The molecule has 0 heterocycles. The number of rotatable bonds is 7. The number of benzene rings is 2. The van der Waals surface area contributed by atoms with Gasteiger partial charge in [-0.05, 0) is 43.0 Å². The van der Waals surface area contributed by atoms with Crippen molar-refractivity contribution < 1.29 is 27.6 Å². The molecule has 28 heavy (non-hydrogen) atoms. The predicted molar refractivity (Wildman–Crippen MR) is 100 cm³/mol. The van der Waals surface area contributed by atoms with Crippen LogP contribution in [-0.4, -0.2) is 23.7 Å². The van der Waals surface area contributed by atoms with Gasteiger partial charge in [-0.15, -0.1) is 11.8 Å². The molecule has 2 aromatic carbocycles. The monoisotopic (exact) mass is 414 g/mol. The van der Waals surface area contributed by atoms with Gasteiger partial charge in [0.15, 0.2) is 0 Å². The first-order valence-electron chi connectivity index (χ1n) is 8.15. The fourth-order valence-corrected chi connectivity index (χ4v) is 2.86. The number of alkyl halides is 3. The Balaban J connectivity index is 2.38. The maximum atomic E-state index is 13.0. The summed E-state index contributed by atoms with van der Waals surface area (Å²) in [6, 6.07) is 6.63. The molecule has 0 atom stereocenters. The molecule has 0 aliphatic heterocycles. The van der Waals surface area contributed by atoms with Crippen LogP contribution in [0.3, 0.4) is 0 Å². The minimum atomic E-state index is -4.60. The highest BCUT2D eigenvalue weighted by molar-refractivity contribution is 7.98. The predicted octanol–water partition coefficient (Wildman–Crippen LogP) is 5.38. The summed E-state index contributed by atoms with van der Waals surface area (Å²) in [5, 5.41) is 13.5. The van der Waals surface area contributed by atoms with Crippen molar-refractivity contribution in [2.75, 3.05) is 18.2 Å². The first-order chi connectivity index (χ1) is 13.2. The molecule has 0 fully saturated rings. The van der Waals surface area contributed by atoms with Gasteiger partial charge in [-0.25, -0.2) is 0 Å². The molecule has 1 amide bonds. The fraction of sp³-hybridized carbons (Fsp3) is 0.278. The Bertz CT molecular complexity index is 888. The van der Waals surface area contributed by atoms with E-state index in [1.165, 1.54) is 12.1 Å². The SMILES string of the molecule is CCCOc1ccc(C(F)(F)F)cc1NC(=O)c1ccc(SC)c([N+](=O)[O-])c1. The van der Waals surface area contributed by atoms with Gasteiger partial charge >= 0.3 is 6.18 Å². The molecule has 0 bridgehead atoms. The molecule has 0 saturated carbocycles. The Morgan fingerprint density at radius 2 is 1.96 bits per heavy atom. The maximum Gasteiger partial charge on any atom is 0.416 e. The third-order valence-corrected chi connectivity index (χ3v) is 4.44. The second-order valence-corrected chi connectivity index (χ2v) is 6.50. The smallest absolute Gasteiger partial charge is 0.416 e. The Morgan fingerprint density at radius 3 is 2.54 bits per heavy atom. The van der Waals surface area contributed by atoms with E-state index in [-0.39, 0.29) is 29.3 Å². The average molecular weight is 414 g/mol. The number of amides is 1. The molecule has 0 saturated heterocycles. The van der Waals surface area contributed by atoms with Gasteiger partial charge in [0.05, 0.1) is 27.7 Å². The van der Waals surface area contributed by atoms with Crippen molar-refractivity contribution in [2.45, 2.75) is 24.4 Å². The van der Waals surface area contributed by atoms with Crippen LogP contribution in [0.5, 0.6) is 5.75 Å². The average Bonchev–Trinajstić information content (AvgIpc) is 2.65. The second-order valence-electron chi connectivity index (χ2n) is 5.66. The highest BCUT2D eigenvalue weighted by atomic mass is 32.2. The van der Waals surface area contributed by atoms with Crippen molar-refractivity contribution in [3.63, 3.8) is 0 Å². The number of thioether (sulfide) groups is 1. The van der Waals surface area contributed by atoms with Gasteiger partial charge in [0.1, 0.15) is 5.75 Å². The van der Waals surface area contributed by atoms with Crippen LogP contribution in [-0.2, 0) is 6.18 Å². The van der Waals surface area contributed by atoms with Crippen LogP contribution >= 0.6 is 11.8 Å². The van der Waals surface area contributed by atoms with Gasteiger partial charge < -0.3 is 10.1 Å². The molecule has 0 aromatic heterocycles. The number of nitro benzene ring substituents is 1. The van der Waals surface area contributed by atoms with E-state index in [9.17, 15) is 28.1 Å². The summed E-state index contributed by atoms with van der Waals surface area (Å²) < 4.78 is 44.4. The van der Waals surface area contributed by atoms with Crippen LogP contribution in [0.25, 0.3) is 0 Å². The minimum absolute atomic E-state index is 0.0525. The van der Waals surface area contributed by atoms with Crippen molar-refractivity contribution in [1.29, 1.82) is 0 Å². The van der Waals surface area contributed by atoms with Gasteiger partial charge in [-0.2, -0.15) is 13.2 Å². The topological polar surface area (TPSA) is 81.5 Å². The molecule has 10 heteroatoms. The van der Waals surface area contributed by atoms with E-state index in [0.29, 0.717) is 11.3 Å². The lowest BCUT2D eigenvalue weighted by Gasteiger charge is -2.15. The van der Waals surface area contributed by atoms with Crippen LogP contribution in [0.15, 0.2) is 41.3 Å². The lowest BCUT2D eigenvalue weighted by Crippen LogP contribution is -2.15. The minimum Gasteiger partial charge on any atom is -0.491 e. The van der Waals surface area contributed by atoms with E-state index in [4.69, 9.17) is 4.74 Å². The van der Waals surface area contributed by atoms with Gasteiger partial charge in [-0.1, -0.05) is 6.92 Å². The number of carbonyl (C=O) groups excluding carboxylic acids is 1. The summed E-state index contributed by atoms with van der Waals surface area (Å²) in [5.74, 6) is -0.699. The Labute approximate surface area is 163 Å². The lowest BCUT2D eigenvalue weighted by atomic mass is 10.1. The second kappa shape index (κ2) is 8.96. The molecular formula is C18H17F3N2O4S. The van der Waals surface area contributed by atoms with Crippen molar-refractivity contribution in [3.8, 4) is 5.75 Å². The summed E-state index contributed by atoms with van der Waals surface area (Å²) in [6.07, 6.45) is -2.32. The van der Waals surface area contributed by atoms with Crippen LogP contribution in [0.2, 0.25) is 0 Å². The van der Waals surface area contributed by atoms with Crippen LogP contribution < -0.4 is 10.1 Å². The van der Waals surface area contributed by atoms with Gasteiger partial charge in [0.2, 0.25) is 0 Å². The van der Waals surface area contributed by atoms with E-state index < -0.39 is 22.6 Å². The number of nitro groups is 1. The van der Waals surface area contributed by atoms with Gasteiger partial charge in [0.25, 0.3) is 11.6 Å². The van der Waals surface area contributed by atoms with E-state index in [2.05, 4.69) is 5.32 Å². The van der Waals surface area contributed by atoms with Crippen LogP contribution in [0, 0.1) is 10.1 Å². The van der Waals surface area contributed by atoms with Crippen molar-refractivity contribution in [1.82, 2.24) is 0 Å². The summed E-state index contributed by atoms with van der Waals surface area (Å²) in [4.78, 5) is 23.4. The molecule has 6 nitrogen and oxygen atoms in total. The van der Waals surface area contributed by atoms with Crippen molar-refractivity contribution >= 4 is 29.0 Å². The summed E-state index contributed by atoms with van der Waals surface area (Å²) in [7, 11) is 0. The summed E-state index contributed by atoms with van der Waals surface area (Å²) in [6.45, 7) is 2.08. The molecule has 2 rings (SSSR count). The molecule has 0 unspecified atom stereocenters. The largest absolute Gasteiger partial charge is 0.491 e. The van der Waals surface area contributed by atoms with Gasteiger partial charge in [-0.3, -0.25) is 14.9 Å². The van der Waals surface area contributed by atoms with E-state index in [1.807, 2.05) is 6.92 Å². The Hall–Kier alpha value is -2.75. The number of ether oxygens (including phenoxy) is 1. The normalized spacial score (nSPS) is 11.2. The zero-order chi connectivity index (χ0) is 20.9. The molecule has 150 valence electrons. The molecule has 0 radical (unpaired) electrons. The van der Waals surface area contributed by atoms with Crippen LogP contribution in [0.1, 0.15) is 29.3 Å². The molecule has 0 aliphatic rings. The maximum absolute atomic E-state index is 13.0. The molecule has 0 spiro atoms. The van der Waals surface area contributed by atoms with Gasteiger partial charge in [0, 0.05) is 11.6 Å². The number of carbonyl (C=O) groups is 1. The number of hydrogen-bond acceptors (Lipinski definition) is 5. The standard InChI is InChI=1S/C18H17F3N2O4S/c1-3-8-27-15-6-5-12(18(19,20)21)10-13(15)22-17(24)11-4-7-16(28-2)14(9-11)23(25)26/h4-7,9-10H,3,8H2,1-2H3,(H,22,24). The quantitative estimate of drug-likeness (QED) is 0.374. The number of nitrogens with one attached hydrogen (secondary N) is 1. The Morgan fingerprint density at radius 1 is 1.25 bits per heavy atom. The molecule has 2 aromatic rings. The third kappa shape index (κ3) is 5.16. The van der Waals surface area contributed by atoms with Crippen LogP contribution in [0.4, 0.5) is 24.5 Å². The van der Waals surface area contributed by atoms with E-state index in [1.54, 1.807) is 6.26 Å². The van der Waals surface area contributed by atoms with Crippen molar-refractivity contribution in [2.24, 2.45) is 0 Å². The number of hydrogen-bond donors (Lipinski definition) is 1. The fourth-order valence-electron chi connectivity index (χ4n) is 2.31. The number of nitrogens with zero attached hydrogens (tertiary/aromatic N) is 1. The number of halogens is 3. The van der Waals surface area contributed by atoms with Crippen molar-refractivity contribution in [3.05, 3.63) is 57.6 Å². The molecular weight excluding hydrogens is 397 g/mol. The summed E-state index contributed by atoms with van der Waals surface area (Å²) >= 11 is 1.15. The third-order valence-electron chi connectivity index (χ3n) is 3.65. The first kappa shape index (κ1) is 21.5. The summed E-state index contributed by atoms with van der Waals surface area (Å²) in [5.41, 5.74) is -1.42. The lowest BCUT2D eigenvalue weighted by molar-refractivity contribution is -0.387. The van der Waals surface area contributed by atoms with E-state index in [0.717, 1.165) is 36.0 Å². The Kier molecular flexibility index (Phi) is 6.90. The number of anilines is 1.